The van der Waals surface area contributed by atoms with Crippen LogP contribution in [0.4, 0.5) is 0 Å². The minimum absolute atomic E-state index is 0.0612. The van der Waals surface area contributed by atoms with Gasteiger partial charge in [0.25, 0.3) is 0 Å². The van der Waals surface area contributed by atoms with E-state index >= 15 is 0 Å². The van der Waals surface area contributed by atoms with Crippen molar-refractivity contribution in [3.63, 3.8) is 0 Å². The Morgan fingerprint density at radius 2 is 1.77 bits per heavy atom. The Morgan fingerprint density at radius 1 is 1.12 bits per heavy atom. The predicted octanol–water partition coefficient (Wildman–Crippen LogP) is 1.56. The summed E-state index contributed by atoms with van der Waals surface area (Å²) in [4.78, 5) is 15.7. The van der Waals surface area contributed by atoms with Gasteiger partial charge in [-0.25, -0.2) is 8.42 Å². The Labute approximate surface area is 156 Å². The summed E-state index contributed by atoms with van der Waals surface area (Å²) in [6, 6.07) is 8.37. The molecule has 2 aliphatic heterocycles. The van der Waals surface area contributed by atoms with Gasteiger partial charge in [0.05, 0.1) is 11.5 Å². The fourth-order valence-corrected chi connectivity index (χ4v) is 6.74. The standard InChI is InChI=1S/C20H28N2O3S/c23-19(21-14-16-8-11-26(24,25)15-16)20(22-9-4-1-5-10-22)12-17-6-2-3-7-18(17)13-20/h2-3,6-7,16H,1,4-5,8-15H2,(H,21,23). The summed E-state index contributed by atoms with van der Waals surface area (Å²) in [5.41, 5.74) is 2.05. The maximum Gasteiger partial charge on any atom is 0.241 e. The molecule has 0 aromatic heterocycles. The molecule has 1 amide bonds. The van der Waals surface area contributed by atoms with Crippen molar-refractivity contribution in [2.75, 3.05) is 31.1 Å². The Morgan fingerprint density at radius 3 is 2.35 bits per heavy atom. The molecule has 2 saturated heterocycles. The molecular formula is C20H28N2O3S. The van der Waals surface area contributed by atoms with E-state index in [4.69, 9.17) is 0 Å². The third-order valence-corrected chi connectivity index (χ3v) is 8.18. The number of hydrogen-bond donors (Lipinski definition) is 1. The molecule has 2 fully saturated rings. The zero-order valence-corrected chi connectivity index (χ0v) is 16.1. The maximum absolute atomic E-state index is 13.4. The molecule has 2 heterocycles. The molecule has 0 bridgehead atoms. The second kappa shape index (κ2) is 6.97. The predicted molar refractivity (Wildman–Crippen MR) is 102 cm³/mol. The number of rotatable bonds is 4. The summed E-state index contributed by atoms with van der Waals surface area (Å²) in [5, 5.41) is 3.13. The van der Waals surface area contributed by atoms with Gasteiger partial charge in [0.2, 0.25) is 5.91 Å². The van der Waals surface area contributed by atoms with E-state index in [0.29, 0.717) is 13.0 Å². The molecule has 4 rings (SSSR count). The molecule has 1 atom stereocenters. The summed E-state index contributed by atoms with van der Waals surface area (Å²) in [7, 11) is -2.90. The van der Waals surface area contributed by atoms with E-state index in [9.17, 15) is 13.2 Å². The molecule has 142 valence electrons. The number of fused-ring (bicyclic) bond motifs is 1. The summed E-state index contributed by atoms with van der Waals surface area (Å²) in [5.74, 6) is 0.617. The van der Waals surface area contributed by atoms with Crippen LogP contribution >= 0.6 is 0 Å². The lowest BCUT2D eigenvalue weighted by Gasteiger charge is -2.42. The monoisotopic (exact) mass is 376 g/mol. The fourth-order valence-electron chi connectivity index (χ4n) is 4.88. The molecule has 1 aromatic carbocycles. The molecule has 1 unspecified atom stereocenters. The van der Waals surface area contributed by atoms with E-state index in [-0.39, 0.29) is 23.3 Å². The maximum atomic E-state index is 13.4. The molecule has 26 heavy (non-hydrogen) atoms. The van der Waals surface area contributed by atoms with Gasteiger partial charge in [-0.1, -0.05) is 30.7 Å². The third kappa shape index (κ3) is 3.41. The largest absolute Gasteiger partial charge is 0.354 e. The van der Waals surface area contributed by atoms with Crippen LogP contribution in [0, 0.1) is 5.92 Å². The number of nitrogens with zero attached hydrogens (tertiary/aromatic N) is 1. The topological polar surface area (TPSA) is 66.5 Å². The average molecular weight is 377 g/mol. The molecule has 1 N–H and O–H groups in total. The zero-order valence-electron chi connectivity index (χ0n) is 15.2. The molecule has 3 aliphatic rings. The average Bonchev–Trinajstić information content (AvgIpc) is 3.21. The van der Waals surface area contributed by atoms with Crippen LogP contribution < -0.4 is 5.32 Å². The molecular weight excluding hydrogens is 348 g/mol. The Kier molecular flexibility index (Phi) is 4.82. The highest BCUT2D eigenvalue weighted by Crippen LogP contribution is 2.36. The number of benzene rings is 1. The van der Waals surface area contributed by atoms with E-state index in [2.05, 4.69) is 22.3 Å². The summed E-state index contributed by atoms with van der Waals surface area (Å²) >= 11 is 0. The SMILES string of the molecule is O=C(NCC1CCS(=O)(=O)C1)C1(N2CCCCC2)Cc2ccccc2C1. The molecule has 0 spiro atoms. The number of piperidine rings is 1. The number of carbonyl (C=O) groups is 1. The lowest BCUT2D eigenvalue weighted by atomic mass is 9.89. The van der Waals surface area contributed by atoms with Crippen molar-refractivity contribution in [2.45, 2.75) is 44.1 Å². The van der Waals surface area contributed by atoms with Crippen molar-refractivity contribution in [1.29, 1.82) is 0 Å². The summed E-state index contributed by atoms with van der Waals surface area (Å²) < 4.78 is 23.4. The summed E-state index contributed by atoms with van der Waals surface area (Å²) in [6.07, 6.45) is 5.72. The number of hydrogen-bond acceptors (Lipinski definition) is 4. The fraction of sp³-hybridized carbons (Fsp3) is 0.650. The zero-order chi connectivity index (χ0) is 18.2. The van der Waals surface area contributed by atoms with E-state index in [1.165, 1.54) is 17.5 Å². The lowest BCUT2D eigenvalue weighted by Crippen LogP contribution is -2.61. The summed E-state index contributed by atoms with van der Waals surface area (Å²) in [6.45, 7) is 2.42. The van der Waals surface area contributed by atoms with Crippen LogP contribution in [0.15, 0.2) is 24.3 Å². The van der Waals surface area contributed by atoms with Crippen molar-refractivity contribution >= 4 is 15.7 Å². The van der Waals surface area contributed by atoms with Gasteiger partial charge in [0.1, 0.15) is 5.54 Å². The number of nitrogens with one attached hydrogen (secondary N) is 1. The third-order valence-electron chi connectivity index (χ3n) is 6.35. The van der Waals surface area contributed by atoms with Gasteiger partial charge >= 0.3 is 0 Å². The van der Waals surface area contributed by atoms with Crippen molar-refractivity contribution in [3.8, 4) is 0 Å². The van der Waals surface area contributed by atoms with Gasteiger partial charge in [-0.15, -0.1) is 0 Å². The van der Waals surface area contributed by atoms with E-state index in [1.807, 2.05) is 12.1 Å². The molecule has 1 aliphatic carbocycles. The van der Waals surface area contributed by atoms with Crippen molar-refractivity contribution in [3.05, 3.63) is 35.4 Å². The highest BCUT2D eigenvalue weighted by Gasteiger charge is 2.48. The van der Waals surface area contributed by atoms with Crippen LogP contribution in [0.1, 0.15) is 36.8 Å². The van der Waals surface area contributed by atoms with Gasteiger partial charge in [0, 0.05) is 19.4 Å². The van der Waals surface area contributed by atoms with Crippen LogP contribution in [0.5, 0.6) is 0 Å². The Bertz CT molecular complexity index is 759. The van der Waals surface area contributed by atoms with Crippen molar-refractivity contribution in [2.24, 2.45) is 5.92 Å². The van der Waals surface area contributed by atoms with Gasteiger partial charge in [-0.05, 0) is 49.4 Å². The highest BCUT2D eigenvalue weighted by molar-refractivity contribution is 7.91. The van der Waals surface area contributed by atoms with Gasteiger partial charge < -0.3 is 5.32 Å². The number of sulfone groups is 1. The second-order valence-corrected chi connectivity index (χ2v) is 10.4. The number of carbonyl (C=O) groups excluding carboxylic acids is 1. The highest BCUT2D eigenvalue weighted by atomic mass is 32.2. The van der Waals surface area contributed by atoms with Crippen molar-refractivity contribution < 1.29 is 13.2 Å². The van der Waals surface area contributed by atoms with Gasteiger partial charge in [-0.2, -0.15) is 0 Å². The first-order valence-electron chi connectivity index (χ1n) is 9.79. The minimum Gasteiger partial charge on any atom is -0.354 e. The molecule has 5 nitrogen and oxygen atoms in total. The van der Waals surface area contributed by atoms with Gasteiger partial charge in [-0.3, -0.25) is 9.69 Å². The number of likely N-dealkylation sites (tertiary alicyclic amines) is 1. The molecule has 6 heteroatoms. The second-order valence-electron chi connectivity index (χ2n) is 8.18. The smallest absolute Gasteiger partial charge is 0.241 e. The molecule has 0 radical (unpaired) electrons. The first-order chi connectivity index (χ1) is 12.5. The van der Waals surface area contributed by atoms with Crippen LogP contribution in [-0.4, -0.2) is 55.9 Å². The van der Waals surface area contributed by atoms with E-state index in [0.717, 1.165) is 38.8 Å². The van der Waals surface area contributed by atoms with Gasteiger partial charge in [0.15, 0.2) is 9.84 Å². The van der Waals surface area contributed by atoms with Crippen molar-refractivity contribution in [1.82, 2.24) is 10.2 Å². The quantitative estimate of drug-likeness (QED) is 0.866. The number of amides is 1. The normalized spacial score (nSPS) is 27.2. The van der Waals surface area contributed by atoms with Crippen LogP contribution in [0.3, 0.4) is 0 Å². The first-order valence-corrected chi connectivity index (χ1v) is 11.6. The van der Waals surface area contributed by atoms with Crippen LogP contribution in [0.25, 0.3) is 0 Å². The van der Waals surface area contributed by atoms with E-state index in [1.54, 1.807) is 0 Å². The lowest BCUT2D eigenvalue weighted by molar-refractivity contribution is -0.134. The molecule has 1 aromatic rings. The minimum atomic E-state index is -2.90. The van der Waals surface area contributed by atoms with E-state index < -0.39 is 15.4 Å². The first kappa shape index (κ1) is 18.0. The van der Waals surface area contributed by atoms with Crippen LogP contribution in [-0.2, 0) is 27.5 Å². The molecule has 0 saturated carbocycles. The Balaban J connectivity index is 1.51. The van der Waals surface area contributed by atoms with Crippen LogP contribution in [0.2, 0.25) is 0 Å². The Hall–Kier alpha value is -1.40.